The van der Waals surface area contributed by atoms with Crippen LogP contribution in [0.1, 0.15) is 25.5 Å². The van der Waals surface area contributed by atoms with E-state index < -0.39 is 0 Å². The van der Waals surface area contributed by atoms with E-state index in [4.69, 9.17) is 4.98 Å². The highest BCUT2D eigenvalue weighted by Gasteiger charge is 2.08. The summed E-state index contributed by atoms with van der Waals surface area (Å²) in [6.45, 7) is 2.22. The Morgan fingerprint density at radius 1 is 0.773 bits per heavy atom. The molecule has 3 rings (SSSR count). The number of aromatic nitrogens is 1. The standard InChI is InChI=1S/C21H21N/c1-2-3-14-21-20(18-12-8-5-9-13-18)15-19(16-22-21)17-10-6-4-7-11-17/h4-13,15-16H,2-3,14H2,1H3. The molecule has 0 saturated carbocycles. The van der Waals surface area contributed by atoms with Gasteiger partial charge in [-0.15, -0.1) is 0 Å². The fourth-order valence-corrected chi connectivity index (χ4v) is 2.69. The highest BCUT2D eigenvalue weighted by atomic mass is 14.7. The minimum Gasteiger partial charge on any atom is -0.260 e. The first-order chi connectivity index (χ1) is 10.9. The number of hydrogen-bond donors (Lipinski definition) is 0. The van der Waals surface area contributed by atoms with Crippen LogP contribution in [0, 0.1) is 0 Å². The Balaban J connectivity index is 2.06. The van der Waals surface area contributed by atoms with E-state index in [9.17, 15) is 0 Å². The number of aryl methyl sites for hydroxylation is 1. The molecule has 0 aliphatic heterocycles. The zero-order valence-electron chi connectivity index (χ0n) is 13.0. The van der Waals surface area contributed by atoms with Gasteiger partial charge in [-0.05, 0) is 30.0 Å². The van der Waals surface area contributed by atoms with Gasteiger partial charge in [0.05, 0.1) is 0 Å². The molecule has 110 valence electrons. The van der Waals surface area contributed by atoms with Gasteiger partial charge in [-0.1, -0.05) is 74.0 Å². The second-order valence-corrected chi connectivity index (χ2v) is 5.55. The molecule has 1 heterocycles. The molecular weight excluding hydrogens is 266 g/mol. The van der Waals surface area contributed by atoms with Crippen LogP contribution in [0.25, 0.3) is 22.3 Å². The summed E-state index contributed by atoms with van der Waals surface area (Å²) in [5.74, 6) is 0. The second kappa shape index (κ2) is 7.04. The molecule has 1 heteroatoms. The summed E-state index contributed by atoms with van der Waals surface area (Å²) in [5.41, 5.74) is 6.11. The summed E-state index contributed by atoms with van der Waals surface area (Å²) in [4.78, 5) is 4.77. The second-order valence-electron chi connectivity index (χ2n) is 5.55. The lowest BCUT2D eigenvalue weighted by Crippen LogP contribution is -1.96. The van der Waals surface area contributed by atoms with Gasteiger partial charge in [0, 0.05) is 23.0 Å². The molecule has 0 unspecified atom stereocenters. The third-order valence-electron chi connectivity index (χ3n) is 3.93. The molecule has 0 radical (unpaired) electrons. The molecule has 1 aromatic heterocycles. The number of pyridine rings is 1. The smallest absolute Gasteiger partial charge is 0.0482 e. The first kappa shape index (κ1) is 14.5. The normalized spacial score (nSPS) is 10.6. The van der Waals surface area contributed by atoms with E-state index in [2.05, 4.69) is 67.6 Å². The Bertz CT molecular complexity index is 717. The molecule has 2 aromatic carbocycles. The van der Waals surface area contributed by atoms with Crippen molar-refractivity contribution >= 4 is 0 Å². The maximum Gasteiger partial charge on any atom is 0.0482 e. The number of unbranched alkanes of at least 4 members (excludes halogenated alkanes) is 1. The summed E-state index contributed by atoms with van der Waals surface area (Å²) < 4.78 is 0. The van der Waals surface area contributed by atoms with Gasteiger partial charge in [0.15, 0.2) is 0 Å². The van der Waals surface area contributed by atoms with E-state index in [-0.39, 0.29) is 0 Å². The monoisotopic (exact) mass is 287 g/mol. The van der Waals surface area contributed by atoms with Crippen molar-refractivity contribution < 1.29 is 0 Å². The molecule has 0 fully saturated rings. The van der Waals surface area contributed by atoms with E-state index in [0.717, 1.165) is 6.42 Å². The number of rotatable bonds is 5. The van der Waals surface area contributed by atoms with Crippen LogP contribution in [0.5, 0.6) is 0 Å². The Hall–Kier alpha value is -2.41. The maximum atomic E-state index is 4.77. The quantitative estimate of drug-likeness (QED) is 0.581. The largest absolute Gasteiger partial charge is 0.260 e. The fourth-order valence-electron chi connectivity index (χ4n) is 2.69. The van der Waals surface area contributed by atoms with Crippen LogP contribution in [0.3, 0.4) is 0 Å². The highest BCUT2D eigenvalue weighted by molar-refractivity contribution is 5.73. The summed E-state index contributed by atoms with van der Waals surface area (Å²) in [6, 6.07) is 23.3. The lowest BCUT2D eigenvalue weighted by molar-refractivity contribution is 0.778. The molecule has 3 aromatic rings. The van der Waals surface area contributed by atoms with Crippen molar-refractivity contribution in [3.05, 3.63) is 78.6 Å². The average Bonchev–Trinajstić information content (AvgIpc) is 2.61. The molecule has 0 N–H and O–H groups in total. The SMILES string of the molecule is CCCCc1ncc(-c2ccccc2)cc1-c1ccccc1. The minimum absolute atomic E-state index is 1.04. The summed E-state index contributed by atoms with van der Waals surface area (Å²) >= 11 is 0. The third-order valence-corrected chi connectivity index (χ3v) is 3.93. The van der Waals surface area contributed by atoms with Crippen molar-refractivity contribution in [3.63, 3.8) is 0 Å². The van der Waals surface area contributed by atoms with Crippen LogP contribution >= 0.6 is 0 Å². The van der Waals surface area contributed by atoms with Gasteiger partial charge < -0.3 is 0 Å². The van der Waals surface area contributed by atoms with Gasteiger partial charge >= 0.3 is 0 Å². The zero-order valence-corrected chi connectivity index (χ0v) is 13.0. The van der Waals surface area contributed by atoms with Crippen molar-refractivity contribution in [2.75, 3.05) is 0 Å². The predicted octanol–water partition coefficient (Wildman–Crippen LogP) is 5.76. The van der Waals surface area contributed by atoms with Gasteiger partial charge in [0.1, 0.15) is 0 Å². The molecule has 0 bridgehead atoms. The van der Waals surface area contributed by atoms with E-state index >= 15 is 0 Å². The Morgan fingerprint density at radius 2 is 1.41 bits per heavy atom. The van der Waals surface area contributed by atoms with E-state index in [1.165, 1.54) is 40.8 Å². The van der Waals surface area contributed by atoms with E-state index in [1.54, 1.807) is 0 Å². The number of nitrogens with zero attached hydrogens (tertiary/aromatic N) is 1. The van der Waals surface area contributed by atoms with Crippen molar-refractivity contribution in [2.24, 2.45) is 0 Å². The summed E-state index contributed by atoms with van der Waals surface area (Å²) in [6.07, 6.45) is 5.41. The Kier molecular flexibility index (Phi) is 4.65. The van der Waals surface area contributed by atoms with Gasteiger partial charge in [-0.2, -0.15) is 0 Å². The van der Waals surface area contributed by atoms with Gasteiger partial charge in [-0.3, -0.25) is 4.98 Å². The van der Waals surface area contributed by atoms with Crippen molar-refractivity contribution in [3.8, 4) is 22.3 Å². The molecule has 0 spiro atoms. The summed E-state index contributed by atoms with van der Waals surface area (Å²) in [7, 11) is 0. The molecule has 0 saturated heterocycles. The van der Waals surface area contributed by atoms with Crippen LogP contribution in [0.4, 0.5) is 0 Å². The minimum atomic E-state index is 1.04. The molecule has 0 aliphatic rings. The molecule has 1 nitrogen and oxygen atoms in total. The number of benzene rings is 2. The van der Waals surface area contributed by atoms with Crippen molar-refractivity contribution in [1.29, 1.82) is 0 Å². The van der Waals surface area contributed by atoms with Crippen LogP contribution in [-0.4, -0.2) is 4.98 Å². The third kappa shape index (κ3) is 3.25. The molecule has 0 atom stereocenters. The Morgan fingerprint density at radius 3 is 2.05 bits per heavy atom. The van der Waals surface area contributed by atoms with Crippen molar-refractivity contribution in [2.45, 2.75) is 26.2 Å². The molecule has 22 heavy (non-hydrogen) atoms. The van der Waals surface area contributed by atoms with Crippen LogP contribution in [0.2, 0.25) is 0 Å². The average molecular weight is 287 g/mol. The summed E-state index contributed by atoms with van der Waals surface area (Å²) in [5, 5.41) is 0. The lowest BCUT2D eigenvalue weighted by atomic mass is 9.97. The highest BCUT2D eigenvalue weighted by Crippen LogP contribution is 2.28. The topological polar surface area (TPSA) is 12.9 Å². The maximum absolute atomic E-state index is 4.77. The molecular formula is C21H21N. The van der Waals surface area contributed by atoms with Gasteiger partial charge in [0.2, 0.25) is 0 Å². The Labute approximate surface area is 132 Å². The van der Waals surface area contributed by atoms with Crippen LogP contribution < -0.4 is 0 Å². The van der Waals surface area contributed by atoms with Crippen LogP contribution in [0.15, 0.2) is 72.9 Å². The van der Waals surface area contributed by atoms with Gasteiger partial charge in [0.25, 0.3) is 0 Å². The van der Waals surface area contributed by atoms with E-state index in [0.29, 0.717) is 0 Å². The van der Waals surface area contributed by atoms with Crippen LogP contribution in [-0.2, 0) is 6.42 Å². The zero-order chi connectivity index (χ0) is 15.2. The van der Waals surface area contributed by atoms with E-state index in [1.807, 2.05) is 12.3 Å². The first-order valence-corrected chi connectivity index (χ1v) is 7.98. The van der Waals surface area contributed by atoms with Gasteiger partial charge in [-0.25, -0.2) is 0 Å². The van der Waals surface area contributed by atoms with Crippen molar-refractivity contribution in [1.82, 2.24) is 4.98 Å². The molecule has 0 aliphatic carbocycles. The number of hydrogen-bond acceptors (Lipinski definition) is 1. The molecule has 0 amide bonds. The predicted molar refractivity (Wildman–Crippen MR) is 93.7 cm³/mol. The first-order valence-electron chi connectivity index (χ1n) is 7.98. The lowest BCUT2D eigenvalue weighted by Gasteiger charge is -2.11. The fraction of sp³-hybridized carbons (Fsp3) is 0.190.